The summed E-state index contributed by atoms with van der Waals surface area (Å²) in [6.45, 7) is 5.93. The standard InChI is InChI=1S/C14H21NO4/c1-14(2,3)19-13(18)15-7-6-11(16)10(8-15)12(17)9-4-5-9/h9-10H,4-8H2,1-3H3/t10-/m0/s1. The summed E-state index contributed by atoms with van der Waals surface area (Å²) in [6, 6.07) is 0. The van der Waals surface area contributed by atoms with Gasteiger partial charge in [-0.25, -0.2) is 4.79 Å². The molecule has 2 fully saturated rings. The van der Waals surface area contributed by atoms with E-state index in [2.05, 4.69) is 0 Å². The SMILES string of the molecule is CC(C)(C)OC(=O)N1CCC(=O)[C@@H](C(=O)C2CC2)C1. The lowest BCUT2D eigenvalue weighted by Crippen LogP contribution is -2.48. The van der Waals surface area contributed by atoms with Crippen molar-refractivity contribution in [3.63, 3.8) is 0 Å². The van der Waals surface area contributed by atoms with Crippen LogP contribution in [0, 0.1) is 11.8 Å². The highest BCUT2D eigenvalue weighted by Crippen LogP contribution is 2.34. The number of ketones is 2. The smallest absolute Gasteiger partial charge is 0.410 e. The van der Waals surface area contributed by atoms with E-state index in [4.69, 9.17) is 4.74 Å². The molecule has 19 heavy (non-hydrogen) atoms. The second-order valence-electron chi connectivity index (χ2n) is 6.37. The summed E-state index contributed by atoms with van der Waals surface area (Å²) in [5, 5.41) is 0. The average Bonchev–Trinajstić information content (AvgIpc) is 3.10. The Morgan fingerprint density at radius 1 is 1.26 bits per heavy atom. The van der Waals surface area contributed by atoms with E-state index in [0.717, 1.165) is 12.8 Å². The number of hydrogen-bond donors (Lipinski definition) is 0. The Labute approximate surface area is 113 Å². The van der Waals surface area contributed by atoms with Gasteiger partial charge in [0.25, 0.3) is 0 Å². The molecular weight excluding hydrogens is 246 g/mol. The fraction of sp³-hybridized carbons (Fsp3) is 0.786. The highest BCUT2D eigenvalue weighted by atomic mass is 16.6. The molecule has 0 radical (unpaired) electrons. The Bertz CT molecular complexity index is 406. The summed E-state index contributed by atoms with van der Waals surface area (Å²) in [6.07, 6.45) is 1.58. The third-order valence-corrected chi connectivity index (χ3v) is 3.39. The van der Waals surface area contributed by atoms with Crippen molar-refractivity contribution in [2.24, 2.45) is 11.8 Å². The highest BCUT2D eigenvalue weighted by molar-refractivity contribution is 6.05. The van der Waals surface area contributed by atoms with Gasteiger partial charge in [-0.3, -0.25) is 9.59 Å². The molecule has 1 heterocycles. The first-order chi connectivity index (χ1) is 8.78. The monoisotopic (exact) mass is 267 g/mol. The van der Waals surface area contributed by atoms with Crippen molar-refractivity contribution in [3.8, 4) is 0 Å². The van der Waals surface area contributed by atoms with E-state index in [1.165, 1.54) is 4.90 Å². The number of likely N-dealkylation sites (tertiary alicyclic amines) is 1. The molecular formula is C14H21NO4. The molecule has 0 N–H and O–H groups in total. The Morgan fingerprint density at radius 3 is 2.42 bits per heavy atom. The van der Waals surface area contributed by atoms with Crippen LogP contribution in [-0.4, -0.2) is 41.3 Å². The number of carbonyl (C=O) groups is 3. The van der Waals surface area contributed by atoms with Crippen molar-refractivity contribution in [1.29, 1.82) is 0 Å². The van der Waals surface area contributed by atoms with E-state index >= 15 is 0 Å². The van der Waals surface area contributed by atoms with Crippen LogP contribution in [0.3, 0.4) is 0 Å². The number of piperidine rings is 1. The van der Waals surface area contributed by atoms with Gasteiger partial charge in [0.1, 0.15) is 17.2 Å². The minimum Gasteiger partial charge on any atom is -0.444 e. The number of amides is 1. The lowest BCUT2D eigenvalue weighted by Gasteiger charge is -2.32. The summed E-state index contributed by atoms with van der Waals surface area (Å²) in [5.41, 5.74) is -0.561. The second kappa shape index (κ2) is 4.94. The van der Waals surface area contributed by atoms with Crippen LogP contribution in [0.1, 0.15) is 40.0 Å². The fourth-order valence-electron chi connectivity index (χ4n) is 2.23. The van der Waals surface area contributed by atoms with Crippen LogP contribution in [0.4, 0.5) is 4.79 Å². The Kier molecular flexibility index (Phi) is 3.65. The van der Waals surface area contributed by atoms with Crippen molar-refractivity contribution in [2.45, 2.75) is 45.6 Å². The van der Waals surface area contributed by atoms with Gasteiger partial charge >= 0.3 is 6.09 Å². The summed E-state index contributed by atoms with van der Waals surface area (Å²) in [5.74, 6) is -0.601. The van der Waals surface area contributed by atoms with Gasteiger partial charge in [-0.2, -0.15) is 0 Å². The van der Waals surface area contributed by atoms with Crippen LogP contribution >= 0.6 is 0 Å². The Balaban J connectivity index is 1.98. The molecule has 1 amide bonds. The first kappa shape index (κ1) is 14.0. The largest absolute Gasteiger partial charge is 0.444 e. The molecule has 1 saturated heterocycles. The first-order valence-corrected chi connectivity index (χ1v) is 6.82. The first-order valence-electron chi connectivity index (χ1n) is 6.82. The molecule has 2 rings (SSSR count). The summed E-state index contributed by atoms with van der Waals surface area (Å²) < 4.78 is 5.28. The van der Waals surface area contributed by atoms with Crippen LogP contribution in [0.15, 0.2) is 0 Å². The van der Waals surface area contributed by atoms with Crippen molar-refractivity contribution >= 4 is 17.7 Å². The van der Waals surface area contributed by atoms with Crippen LogP contribution in [0.5, 0.6) is 0 Å². The van der Waals surface area contributed by atoms with E-state index < -0.39 is 17.6 Å². The lowest BCUT2D eigenvalue weighted by molar-refractivity contribution is -0.136. The van der Waals surface area contributed by atoms with Gasteiger partial charge in [-0.05, 0) is 33.6 Å². The van der Waals surface area contributed by atoms with Gasteiger partial charge < -0.3 is 9.64 Å². The van der Waals surface area contributed by atoms with Gasteiger partial charge in [-0.15, -0.1) is 0 Å². The molecule has 0 bridgehead atoms. The van der Waals surface area contributed by atoms with Crippen molar-refractivity contribution in [1.82, 2.24) is 4.90 Å². The van der Waals surface area contributed by atoms with E-state index in [0.29, 0.717) is 6.54 Å². The molecule has 106 valence electrons. The number of Topliss-reactive ketones (excluding diaryl/α,β-unsaturated/α-hetero) is 2. The minimum atomic E-state index is -0.631. The molecule has 5 nitrogen and oxygen atoms in total. The number of nitrogens with zero attached hydrogens (tertiary/aromatic N) is 1. The van der Waals surface area contributed by atoms with Crippen molar-refractivity contribution in [2.75, 3.05) is 13.1 Å². The Morgan fingerprint density at radius 2 is 1.89 bits per heavy atom. The molecule has 0 aromatic rings. The van der Waals surface area contributed by atoms with Gasteiger partial charge in [0.2, 0.25) is 0 Å². The van der Waals surface area contributed by atoms with Crippen LogP contribution < -0.4 is 0 Å². The zero-order valence-corrected chi connectivity index (χ0v) is 11.8. The predicted molar refractivity (Wildman–Crippen MR) is 68.7 cm³/mol. The molecule has 1 saturated carbocycles. The molecule has 0 unspecified atom stereocenters. The number of ether oxygens (including phenoxy) is 1. The second-order valence-corrected chi connectivity index (χ2v) is 6.37. The summed E-state index contributed by atoms with van der Waals surface area (Å²) >= 11 is 0. The lowest BCUT2D eigenvalue weighted by atomic mass is 9.90. The number of rotatable bonds is 2. The molecule has 1 aliphatic carbocycles. The van der Waals surface area contributed by atoms with Crippen molar-refractivity contribution < 1.29 is 19.1 Å². The van der Waals surface area contributed by atoms with E-state index in [1.54, 1.807) is 20.8 Å². The zero-order chi connectivity index (χ0) is 14.2. The summed E-state index contributed by atoms with van der Waals surface area (Å²) in [4.78, 5) is 37.3. The quantitative estimate of drug-likeness (QED) is 0.716. The van der Waals surface area contributed by atoms with Gasteiger partial charge in [0, 0.05) is 25.4 Å². The van der Waals surface area contributed by atoms with Crippen LogP contribution in [0.25, 0.3) is 0 Å². The van der Waals surface area contributed by atoms with Crippen LogP contribution in [-0.2, 0) is 14.3 Å². The van der Waals surface area contributed by atoms with Gasteiger partial charge in [-0.1, -0.05) is 0 Å². The molecule has 0 spiro atoms. The van der Waals surface area contributed by atoms with E-state index in [9.17, 15) is 14.4 Å². The molecule has 2 aliphatic rings. The minimum absolute atomic E-state index is 0.0123. The average molecular weight is 267 g/mol. The number of hydrogen-bond acceptors (Lipinski definition) is 4. The molecule has 5 heteroatoms. The molecule has 1 atom stereocenters. The van der Waals surface area contributed by atoms with Crippen LogP contribution in [0.2, 0.25) is 0 Å². The van der Waals surface area contributed by atoms with Crippen molar-refractivity contribution in [3.05, 3.63) is 0 Å². The molecule has 0 aromatic carbocycles. The fourth-order valence-corrected chi connectivity index (χ4v) is 2.23. The topological polar surface area (TPSA) is 63.7 Å². The maximum atomic E-state index is 12.0. The molecule has 0 aromatic heterocycles. The highest BCUT2D eigenvalue weighted by Gasteiger charge is 2.42. The van der Waals surface area contributed by atoms with Gasteiger partial charge in [0.15, 0.2) is 0 Å². The zero-order valence-electron chi connectivity index (χ0n) is 11.8. The summed E-state index contributed by atoms with van der Waals surface area (Å²) in [7, 11) is 0. The maximum Gasteiger partial charge on any atom is 0.410 e. The maximum absolute atomic E-state index is 12.0. The third kappa shape index (κ3) is 3.55. The Hall–Kier alpha value is -1.39. The molecule has 1 aliphatic heterocycles. The third-order valence-electron chi connectivity index (χ3n) is 3.39. The van der Waals surface area contributed by atoms with E-state index in [1.807, 2.05) is 0 Å². The normalized spacial score (nSPS) is 24.3. The van der Waals surface area contributed by atoms with E-state index in [-0.39, 0.29) is 30.4 Å². The number of carbonyl (C=O) groups excluding carboxylic acids is 3. The predicted octanol–water partition coefficient (Wildman–Crippen LogP) is 1.79. The van der Waals surface area contributed by atoms with Gasteiger partial charge in [0.05, 0.1) is 5.92 Å².